The SMILES string of the molecule is C=CCCCCCCCCC(=O)NC(CCC(=O)[O-])C(=O)[O-].[K+].[K+]. The van der Waals surface area contributed by atoms with E-state index in [9.17, 15) is 24.6 Å². The largest absolute Gasteiger partial charge is 1.00 e. The molecule has 0 bridgehead atoms. The minimum atomic E-state index is -1.48. The Morgan fingerprint density at radius 2 is 1.46 bits per heavy atom. The third-order valence-electron chi connectivity index (χ3n) is 3.32. The van der Waals surface area contributed by atoms with Crippen LogP contribution in [0.1, 0.15) is 64.2 Å². The molecule has 0 aliphatic carbocycles. The molecule has 6 nitrogen and oxygen atoms in total. The summed E-state index contributed by atoms with van der Waals surface area (Å²) in [6, 6.07) is -1.27. The Morgan fingerprint density at radius 1 is 0.917 bits per heavy atom. The van der Waals surface area contributed by atoms with Gasteiger partial charge >= 0.3 is 103 Å². The van der Waals surface area contributed by atoms with Crippen LogP contribution in [-0.4, -0.2) is 23.9 Å². The van der Waals surface area contributed by atoms with E-state index in [4.69, 9.17) is 0 Å². The maximum Gasteiger partial charge on any atom is 1.00 e. The standard InChI is InChI=1S/C16H27NO5.2K/c1-2-3-4-5-6-7-8-9-10-14(18)17-13(16(21)22)11-12-15(19)20;;/h2,13H,1,3-12H2,(H,17,18)(H,19,20)(H,21,22);;/q;2*+1/p-2. The van der Waals surface area contributed by atoms with Crippen molar-refractivity contribution in [3.63, 3.8) is 0 Å². The van der Waals surface area contributed by atoms with E-state index in [0.717, 1.165) is 38.5 Å². The first-order chi connectivity index (χ1) is 10.5. The zero-order chi connectivity index (χ0) is 16.8. The fourth-order valence-electron chi connectivity index (χ4n) is 2.06. The molecular weight excluding hydrogens is 364 g/mol. The summed E-state index contributed by atoms with van der Waals surface area (Å²) in [5, 5.41) is 23.4. The number of carboxylic acid groups (broad SMARTS) is 2. The molecule has 0 spiro atoms. The predicted octanol–water partition coefficient (Wildman–Crippen LogP) is -5.93. The molecule has 0 aromatic carbocycles. The van der Waals surface area contributed by atoms with Gasteiger partial charge in [0.2, 0.25) is 5.91 Å². The van der Waals surface area contributed by atoms with Crippen LogP contribution in [-0.2, 0) is 14.4 Å². The van der Waals surface area contributed by atoms with Crippen molar-refractivity contribution in [3.05, 3.63) is 12.7 Å². The Labute approximate surface area is 229 Å². The van der Waals surface area contributed by atoms with Crippen LogP contribution < -0.4 is 118 Å². The third kappa shape index (κ3) is 19.7. The van der Waals surface area contributed by atoms with Crippen LogP contribution in [0.3, 0.4) is 0 Å². The summed E-state index contributed by atoms with van der Waals surface area (Å²) in [6.07, 6.45) is 8.55. The molecule has 0 fully saturated rings. The first-order valence-electron chi connectivity index (χ1n) is 7.78. The van der Waals surface area contributed by atoms with E-state index in [1.165, 1.54) is 0 Å². The van der Waals surface area contributed by atoms with Crippen LogP contribution in [0.4, 0.5) is 0 Å². The number of amides is 1. The molecule has 0 radical (unpaired) electrons. The summed E-state index contributed by atoms with van der Waals surface area (Å²) in [6.45, 7) is 3.66. The second kappa shape index (κ2) is 20.7. The Bertz CT molecular complexity index is 377. The Kier molecular flexibility index (Phi) is 26.1. The second-order valence-corrected chi connectivity index (χ2v) is 5.30. The summed E-state index contributed by atoms with van der Waals surface area (Å²) < 4.78 is 0. The molecule has 0 heterocycles. The Balaban J connectivity index is -0.00000220. The summed E-state index contributed by atoms with van der Waals surface area (Å²) in [5.74, 6) is -3.21. The number of carbonyl (C=O) groups excluding carboxylic acids is 3. The van der Waals surface area contributed by atoms with Crippen LogP contribution >= 0.6 is 0 Å². The van der Waals surface area contributed by atoms with Crippen molar-refractivity contribution in [2.75, 3.05) is 0 Å². The number of allylic oxidation sites excluding steroid dienone is 1. The van der Waals surface area contributed by atoms with Gasteiger partial charge < -0.3 is 25.1 Å². The molecule has 0 aromatic rings. The summed E-state index contributed by atoms with van der Waals surface area (Å²) in [5.41, 5.74) is 0. The number of carboxylic acids is 2. The molecule has 0 rings (SSSR count). The Morgan fingerprint density at radius 3 is 1.96 bits per heavy atom. The molecule has 1 atom stereocenters. The average molecular weight is 390 g/mol. The second-order valence-electron chi connectivity index (χ2n) is 5.30. The molecule has 24 heavy (non-hydrogen) atoms. The number of hydrogen-bond donors (Lipinski definition) is 1. The number of unbranched alkanes of at least 4 members (excludes halogenated alkanes) is 6. The molecule has 0 aliphatic rings. The van der Waals surface area contributed by atoms with Crippen molar-refractivity contribution >= 4 is 17.8 Å². The van der Waals surface area contributed by atoms with Crippen molar-refractivity contribution < 1.29 is 127 Å². The first kappa shape index (κ1) is 30.2. The zero-order valence-corrected chi connectivity index (χ0v) is 21.2. The summed E-state index contributed by atoms with van der Waals surface area (Å²) in [7, 11) is 0. The van der Waals surface area contributed by atoms with E-state index in [0.29, 0.717) is 6.42 Å². The van der Waals surface area contributed by atoms with Gasteiger partial charge in [-0.25, -0.2) is 0 Å². The van der Waals surface area contributed by atoms with Crippen molar-refractivity contribution in [1.82, 2.24) is 5.32 Å². The molecule has 0 aromatic heterocycles. The van der Waals surface area contributed by atoms with E-state index >= 15 is 0 Å². The van der Waals surface area contributed by atoms with Crippen molar-refractivity contribution in [2.24, 2.45) is 0 Å². The van der Waals surface area contributed by atoms with Gasteiger partial charge in [-0.05, 0) is 32.1 Å². The molecule has 0 saturated heterocycles. The normalized spacial score (nSPS) is 10.7. The van der Waals surface area contributed by atoms with Gasteiger partial charge in [0.05, 0.1) is 12.0 Å². The van der Waals surface area contributed by atoms with E-state index in [-0.39, 0.29) is 122 Å². The first-order valence-corrected chi connectivity index (χ1v) is 7.78. The Hall–Kier alpha value is 1.42. The van der Waals surface area contributed by atoms with Crippen LogP contribution in [0.2, 0.25) is 0 Å². The van der Waals surface area contributed by atoms with E-state index in [1.807, 2.05) is 6.08 Å². The molecule has 1 unspecified atom stereocenters. The van der Waals surface area contributed by atoms with Crippen molar-refractivity contribution in [1.29, 1.82) is 0 Å². The predicted molar refractivity (Wildman–Crippen MR) is 78.3 cm³/mol. The fourth-order valence-corrected chi connectivity index (χ4v) is 2.06. The molecule has 0 saturated carbocycles. The average Bonchev–Trinajstić information content (AvgIpc) is 2.45. The molecule has 1 amide bonds. The topological polar surface area (TPSA) is 109 Å². The van der Waals surface area contributed by atoms with Gasteiger partial charge in [-0.2, -0.15) is 0 Å². The molecule has 126 valence electrons. The van der Waals surface area contributed by atoms with Gasteiger partial charge in [-0.3, -0.25) is 4.79 Å². The van der Waals surface area contributed by atoms with E-state index in [1.54, 1.807) is 0 Å². The van der Waals surface area contributed by atoms with Gasteiger partial charge in [0, 0.05) is 12.4 Å². The van der Waals surface area contributed by atoms with Crippen LogP contribution in [0, 0.1) is 0 Å². The van der Waals surface area contributed by atoms with Crippen molar-refractivity contribution in [2.45, 2.75) is 70.3 Å². The third-order valence-corrected chi connectivity index (χ3v) is 3.32. The van der Waals surface area contributed by atoms with Gasteiger partial charge in [0.15, 0.2) is 0 Å². The van der Waals surface area contributed by atoms with Gasteiger partial charge in [-0.1, -0.05) is 31.8 Å². The minimum Gasteiger partial charge on any atom is -0.550 e. The van der Waals surface area contributed by atoms with Crippen LogP contribution in [0.25, 0.3) is 0 Å². The van der Waals surface area contributed by atoms with Crippen LogP contribution in [0.5, 0.6) is 0 Å². The number of hydrogen-bond acceptors (Lipinski definition) is 5. The molecule has 0 aliphatic heterocycles. The molecular formula is C16H25K2NO5. The zero-order valence-electron chi connectivity index (χ0n) is 15.0. The summed E-state index contributed by atoms with van der Waals surface area (Å²) in [4.78, 5) is 32.7. The minimum absolute atomic E-state index is 0. The maximum absolute atomic E-state index is 11.6. The van der Waals surface area contributed by atoms with E-state index in [2.05, 4.69) is 11.9 Å². The number of aliphatic carboxylic acids is 2. The fraction of sp³-hybridized carbons (Fsp3) is 0.688. The number of carbonyl (C=O) groups is 3. The van der Waals surface area contributed by atoms with Gasteiger partial charge in [0.1, 0.15) is 0 Å². The maximum atomic E-state index is 11.6. The monoisotopic (exact) mass is 389 g/mol. The molecule has 8 heteroatoms. The number of rotatable bonds is 14. The smallest absolute Gasteiger partial charge is 0.550 e. The van der Waals surface area contributed by atoms with Crippen LogP contribution in [0.15, 0.2) is 12.7 Å². The van der Waals surface area contributed by atoms with Crippen molar-refractivity contribution in [3.8, 4) is 0 Å². The summed E-state index contributed by atoms with van der Waals surface area (Å²) >= 11 is 0. The van der Waals surface area contributed by atoms with Gasteiger partial charge in [-0.15, -0.1) is 6.58 Å². The molecule has 1 N–H and O–H groups in total. The number of nitrogens with one attached hydrogen (secondary N) is 1. The van der Waals surface area contributed by atoms with Gasteiger partial charge in [0.25, 0.3) is 0 Å². The van der Waals surface area contributed by atoms with E-state index < -0.39 is 24.4 Å². The quantitative estimate of drug-likeness (QED) is 0.181.